The number of carbonyl (C=O) groups is 1. The Morgan fingerprint density at radius 2 is 2.27 bits per heavy atom. The molecule has 1 saturated heterocycles. The van der Waals surface area contributed by atoms with Crippen LogP contribution in [0.4, 0.5) is 4.79 Å². The molecule has 3 rings (SSSR count). The summed E-state index contributed by atoms with van der Waals surface area (Å²) < 4.78 is 11.1. The second-order valence-corrected chi connectivity index (χ2v) is 7.06. The van der Waals surface area contributed by atoms with Gasteiger partial charge in [0.25, 0.3) is 0 Å². The zero-order valence-electron chi connectivity index (χ0n) is 13.4. The van der Waals surface area contributed by atoms with Crippen molar-refractivity contribution in [3.63, 3.8) is 0 Å². The first-order valence-corrected chi connectivity index (χ1v) is 7.91. The Hall–Kier alpha value is -1.53. The average Bonchev–Trinajstić information content (AvgIpc) is 3.04. The summed E-state index contributed by atoms with van der Waals surface area (Å²) in [6, 6.07) is 4.21. The van der Waals surface area contributed by atoms with Crippen molar-refractivity contribution in [2.24, 2.45) is 5.92 Å². The number of hydrogen-bond acceptors (Lipinski definition) is 4. The third kappa shape index (κ3) is 3.28. The van der Waals surface area contributed by atoms with E-state index in [0.29, 0.717) is 5.92 Å². The predicted molar refractivity (Wildman–Crippen MR) is 82.4 cm³/mol. The Bertz CT molecular complexity index is 509. The van der Waals surface area contributed by atoms with E-state index in [4.69, 9.17) is 9.47 Å². The maximum absolute atomic E-state index is 12.0. The van der Waals surface area contributed by atoms with E-state index in [0.717, 1.165) is 25.3 Å². The van der Waals surface area contributed by atoms with Crippen LogP contribution in [0.15, 0.2) is 18.3 Å². The number of carbonyl (C=O) groups excluding carboxylic acids is 1. The third-order valence-electron chi connectivity index (χ3n) is 4.26. The van der Waals surface area contributed by atoms with Crippen molar-refractivity contribution in [1.82, 2.24) is 15.6 Å². The molecule has 1 aliphatic carbocycles. The summed E-state index contributed by atoms with van der Waals surface area (Å²) in [5, 5.41) is 6.50. The number of aromatic amines is 1. The van der Waals surface area contributed by atoms with Gasteiger partial charge in [-0.1, -0.05) is 0 Å². The SMILES string of the molecule is CC(C)(C)OC(=O)NC1C2CCOC2C1NCc1ccc[nH]1. The molecular weight excluding hydrogens is 282 g/mol. The zero-order chi connectivity index (χ0) is 15.7. The molecule has 122 valence electrons. The van der Waals surface area contributed by atoms with Crippen molar-refractivity contribution < 1.29 is 14.3 Å². The molecule has 1 aromatic rings. The van der Waals surface area contributed by atoms with Crippen LogP contribution in [0.3, 0.4) is 0 Å². The molecule has 2 aliphatic rings. The number of rotatable bonds is 4. The molecule has 0 radical (unpaired) electrons. The predicted octanol–water partition coefficient (Wildman–Crippen LogP) is 1.78. The quantitative estimate of drug-likeness (QED) is 0.792. The molecule has 1 aliphatic heterocycles. The van der Waals surface area contributed by atoms with Crippen molar-refractivity contribution in [2.45, 2.75) is 57.5 Å². The van der Waals surface area contributed by atoms with Gasteiger partial charge in [0.1, 0.15) is 5.60 Å². The molecule has 22 heavy (non-hydrogen) atoms. The largest absolute Gasteiger partial charge is 0.444 e. The van der Waals surface area contributed by atoms with E-state index in [1.165, 1.54) is 0 Å². The van der Waals surface area contributed by atoms with Crippen molar-refractivity contribution in [1.29, 1.82) is 0 Å². The number of hydrogen-bond donors (Lipinski definition) is 3. The molecule has 6 nitrogen and oxygen atoms in total. The van der Waals surface area contributed by atoms with Crippen LogP contribution in [0.5, 0.6) is 0 Å². The lowest BCUT2D eigenvalue weighted by molar-refractivity contribution is -0.0345. The standard InChI is InChI=1S/C16H25N3O3/c1-16(2,3)22-15(20)19-12-11-6-8-21-14(11)13(12)18-9-10-5-4-7-17-10/h4-5,7,11-14,17-18H,6,8-9H2,1-3H3,(H,19,20). The van der Waals surface area contributed by atoms with E-state index in [2.05, 4.69) is 15.6 Å². The molecule has 0 bridgehead atoms. The average molecular weight is 307 g/mol. The number of aromatic nitrogens is 1. The van der Waals surface area contributed by atoms with Gasteiger partial charge in [-0.15, -0.1) is 0 Å². The number of ether oxygens (including phenoxy) is 2. The highest BCUT2D eigenvalue weighted by Gasteiger charge is 2.54. The summed E-state index contributed by atoms with van der Waals surface area (Å²) in [5.74, 6) is 0.383. The molecule has 3 N–H and O–H groups in total. The topological polar surface area (TPSA) is 75.4 Å². The first-order chi connectivity index (χ1) is 10.4. The van der Waals surface area contributed by atoms with E-state index < -0.39 is 5.60 Å². The summed E-state index contributed by atoms with van der Waals surface area (Å²) in [5.41, 5.74) is 0.643. The van der Waals surface area contributed by atoms with Gasteiger partial charge in [-0.3, -0.25) is 0 Å². The highest BCUT2D eigenvalue weighted by Crippen LogP contribution is 2.39. The fourth-order valence-corrected chi connectivity index (χ4v) is 3.30. The molecule has 2 fully saturated rings. The number of alkyl carbamates (subject to hydrolysis) is 1. The lowest BCUT2D eigenvalue weighted by Gasteiger charge is -2.48. The van der Waals surface area contributed by atoms with Crippen LogP contribution in [0.25, 0.3) is 0 Å². The van der Waals surface area contributed by atoms with Crippen LogP contribution in [-0.2, 0) is 16.0 Å². The molecule has 4 atom stereocenters. The molecule has 1 amide bonds. The van der Waals surface area contributed by atoms with Gasteiger partial charge in [0.15, 0.2) is 0 Å². The molecule has 1 aromatic heterocycles. The Labute approximate surface area is 130 Å². The van der Waals surface area contributed by atoms with Gasteiger partial charge in [0.2, 0.25) is 0 Å². The highest BCUT2D eigenvalue weighted by atomic mass is 16.6. The molecule has 6 heteroatoms. The summed E-state index contributed by atoms with van der Waals surface area (Å²) in [6.07, 6.45) is 2.74. The van der Waals surface area contributed by atoms with Crippen LogP contribution in [-0.4, -0.2) is 41.5 Å². The molecule has 1 saturated carbocycles. The highest BCUT2D eigenvalue weighted by molar-refractivity contribution is 5.68. The van der Waals surface area contributed by atoms with Crippen molar-refractivity contribution >= 4 is 6.09 Å². The van der Waals surface area contributed by atoms with Crippen molar-refractivity contribution in [3.8, 4) is 0 Å². The molecule has 0 spiro atoms. The Balaban J connectivity index is 1.57. The van der Waals surface area contributed by atoms with Gasteiger partial charge >= 0.3 is 6.09 Å². The summed E-state index contributed by atoms with van der Waals surface area (Å²) >= 11 is 0. The number of H-pyrrole nitrogens is 1. The smallest absolute Gasteiger partial charge is 0.407 e. The lowest BCUT2D eigenvalue weighted by Crippen LogP contribution is -2.70. The minimum Gasteiger partial charge on any atom is -0.444 e. The van der Waals surface area contributed by atoms with Gasteiger partial charge in [-0.2, -0.15) is 0 Å². The first kappa shape index (κ1) is 15.4. The second-order valence-electron chi connectivity index (χ2n) is 7.06. The van der Waals surface area contributed by atoms with Crippen LogP contribution in [0, 0.1) is 5.92 Å². The number of fused-ring (bicyclic) bond motifs is 1. The monoisotopic (exact) mass is 307 g/mol. The Kier molecular flexibility index (Phi) is 4.14. The lowest BCUT2D eigenvalue weighted by atomic mass is 9.71. The molecule has 4 unspecified atom stereocenters. The van der Waals surface area contributed by atoms with E-state index >= 15 is 0 Å². The molecular formula is C16H25N3O3. The van der Waals surface area contributed by atoms with E-state index in [1.54, 1.807) is 0 Å². The van der Waals surface area contributed by atoms with Crippen LogP contribution >= 0.6 is 0 Å². The molecule has 0 aromatic carbocycles. The minimum absolute atomic E-state index is 0.0670. The Morgan fingerprint density at radius 3 is 2.95 bits per heavy atom. The summed E-state index contributed by atoms with van der Waals surface area (Å²) in [7, 11) is 0. The van der Waals surface area contributed by atoms with Crippen molar-refractivity contribution in [2.75, 3.05) is 6.61 Å². The van der Waals surface area contributed by atoms with Crippen LogP contribution < -0.4 is 10.6 Å². The van der Waals surface area contributed by atoms with Crippen LogP contribution in [0.1, 0.15) is 32.9 Å². The summed E-state index contributed by atoms with van der Waals surface area (Å²) in [6.45, 7) is 7.11. The second kappa shape index (κ2) is 5.93. The van der Waals surface area contributed by atoms with Gasteiger partial charge in [-0.25, -0.2) is 4.79 Å². The minimum atomic E-state index is -0.480. The van der Waals surface area contributed by atoms with Gasteiger partial charge in [0.05, 0.1) is 18.2 Å². The zero-order valence-corrected chi connectivity index (χ0v) is 13.4. The first-order valence-electron chi connectivity index (χ1n) is 7.91. The van der Waals surface area contributed by atoms with Crippen molar-refractivity contribution in [3.05, 3.63) is 24.0 Å². The molecule has 2 heterocycles. The van der Waals surface area contributed by atoms with E-state index in [1.807, 2.05) is 39.1 Å². The van der Waals surface area contributed by atoms with Crippen LogP contribution in [0.2, 0.25) is 0 Å². The fraction of sp³-hybridized carbons (Fsp3) is 0.688. The fourth-order valence-electron chi connectivity index (χ4n) is 3.30. The van der Waals surface area contributed by atoms with Gasteiger partial charge < -0.3 is 25.1 Å². The normalized spacial score (nSPS) is 30.5. The van der Waals surface area contributed by atoms with E-state index in [9.17, 15) is 4.79 Å². The van der Waals surface area contributed by atoms with Gasteiger partial charge in [0, 0.05) is 31.0 Å². The number of nitrogens with one attached hydrogen (secondary N) is 3. The third-order valence-corrected chi connectivity index (χ3v) is 4.26. The maximum atomic E-state index is 12.0. The Morgan fingerprint density at radius 1 is 1.45 bits per heavy atom. The van der Waals surface area contributed by atoms with Gasteiger partial charge in [-0.05, 0) is 39.3 Å². The summed E-state index contributed by atoms with van der Waals surface area (Å²) in [4.78, 5) is 15.2. The number of amides is 1. The van der Waals surface area contributed by atoms with E-state index in [-0.39, 0.29) is 24.3 Å². The maximum Gasteiger partial charge on any atom is 0.407 e.